The van der Waals surface area contributed by atoms with E-state index in [4.69, 9.17) is 4.74 Å². The van der Waals surface area contributed by atoms with Gasteiger partial charge in [0, 0.05) is 24.2 Å². The first-order valence-electron chi connectivity index (χ1n) is 10.7. The maximum Gasteiger partial charge on any atom is 0.315 e. The number of rotatable bonds is 5. The molecule has 1 aliphatic heterocycles. The van der Waals surface area contributed by atoms with Crippen molar-refractivity contribution in [3.05, 3.63) is 35.4 Å². The number of nitrogens with two attached hydrogens (primary N) is 1. The molecule has 0 aromatic heterocycles. The maximum atomic E-state index is 12.6. The number of hydrogen-bond donors (Lipinski definition) is 4. The number of phenolic OH excluding ortho intramolecular Hbond substituents is 2. The van der Waals surface area contributed by atoms with Crippen LogP contribution in [0.15, 0.2) is 29.8 Å². The van der Waals surface area contributed by atoms with E-state index in [2.05, 4.69) is 25.2 Å². The van der Waals surface area contributed by atoms with Gasteiger partial charge in [-0.15, -0.1) is 0 Å². The molecule has 6 atom stereocenters. The summed E-state index contributed by atoms with van der Waals surface area (Å²) in [5.74, 6) is -0.486. The molecule has 1 aromatic carbocycles. The quantitative estimate of drug-likeness (QED) is 0.259. The number of hydrogen-bond acceptors (Lipinski definition) is 5. The lowest BCUT2D eigenvalue weighted by Gasteiger charge is -2.51. The summed E-state index contributed by atoms with van der Waals surface area (Å²) in [7, 11) is 0. The number of aliphatic hydroxyl groups is 1. The molecule has 1 aromatic rings. The predicted molar refractivity (Wildman–Crippen MR) is 107 cm³/mol. The number of phenols is 2. The summed E-state index contributed by atoms with van der Waals surface area (Å²) in [5.41, 5.74) is 1.92. The smallest absolute Gasteiger partial charge is 0.315 e. The molecular weight excluding hydrogens is 370 g/mol. The number of fused-ring (bicyclic) bond motifs is 2. The number of ether oxygens (including phenoxy) is 1. The summed E-state index contributed by atoms with van der Waals surface area (Å²) in [4.78, 5) is 12.6. The molecule has 0 amide bonds. The minimum atomic E-state index is -0.568. The highest BCUT2D eigenvalue weighted by atomic mass is 16.6. The van der Waals surface area contributed by atoms with Crippen LogP contribution < -0.4 is 5.32 Å². The van der Waals surface area contributed by atoms with Gasteiger partial charge in [0.1, 0.15) is 12.0 Å². The van der Waals surface area contributed by atoms with E-state index in [0.29, 0.717) is 18.9 Å². The van der Waals surface area contributed by atoms with Crippen LogP contribution in [0.1, 0.15) is 38.7 Å². The van der Waals surface area contributed by atoms with Gasteiger partial charge in [0.05, 0.1) is 19.2 Å². The number of benzene rings is 1. The Labute approximate surface area is 171 Å². The highest BCUT2D eigenvalue weighted by molar-refractivity contribution is 5.76. The molecule has 1 saturated carbocycles. The van der Waals surface area contributed by atoms with Gasteiger partial charge in [0.25, 0.3) is 0 Å². The van der Waals surface area contributed by atoms with E-state index in [1.807, 2.05) is 0 Å². The molecule has 3 aliphatic rings. The standard InChI is InChI=1S/C23H31NO5/c1-13-4-3-5-15-11-19-20(21(27)23(13,15)2)16(22(28)29-19)12-24-9-8-14-6-7-17(25)18(26)10-14/h5-7,10,13,16,19-21,24-27H,3-4,8-9,11-12H2,1-2H3/p+1/t13-,16-,19+,20+,21-,23+/m0/s1. The molecule has 1 saturated heterocycles. The van der Waals surface area contributed by atoms with E-state index in [1.54, 1.807) is 12.1 Å². The van der Waals surface area contributed by atoms with Gasteiger partial charge in [0.2, 0.25) is 0 Å². The zero-order valence-corrected chi connectivity index (χ0v) is 17.2. The fraction of sp³-hybridized carbons (Fsp3) is 0.609. The van der Waals surface area contributed by atoms with Crippen molar-refractivity contribution in [1.82, 2.24) is 0 Å². The lowest BCUT2D eigenvalue weighted by atomic mass is 9.55. The molecule has 1 heterocycles. The first kappa shape index (κ1) is 20.2. The van der Waals surface area contributed by atoms with Crippen molar-refractivity contribution in [2.45, 2.75) is 51.7 Å². The SMILES string of the molecule is C[C@H]1CCC=C2C[C@H]3OC(=O)[C@@H](C[NH2+]CCc4ccc(O)c(O)c4)[C@H]3[C@H](O)[C@@]21C. The number of aromatic hydroxyl groups is 2. The van der Waals surface area contributed by atoms with Crippen molar-refractivity contribution in [2.24, 2.45) is 23.2 Å². The summed E-state index contributed by atoms with van der Waals surface area (Å²) in [6, 6.07) is 4.83. The third-order valence-corrected chi connectivity index (χ3v) is 7.67. The number of aliphatic hydroxyl groups excluding tert-OH is 1. The lowest BCUT2D eigenvalue weighted by Crippen LogP contribution is -2.86. The number of carbonyl (C=O) groups excluding carboxylic acids is 1. The molecule has 6 heteroatoms. The van der Waals surface area contributed by atoms with Gasteiger partial charge in [-0.1, -0.05) is 31.6 Å². The Kier molecular flexibility index (Phi) is 5.34. The second-order valence-electron chi connectivity index (χ2n) is 9.18. The Morgan fingerprint density at radius 3 is 2.83 bits per heavy atom. The van der Waals surface area contributed by atoms with Crippen molar-refractivity contribution in [1.29, 1.82) is 0 Å². The van der Waals surface area contributed by atoms with Crippen LogP contribution in [0.2, 0.25) is 0 Å². The largest absolute Gasteiger partial charge is 0.504 e. The normalized spacial score (nSPS) is 36.2. The summed E-state index contributed by atoms with van der Waals surface area (Å²) < 4.78 is 5.70. The summed E-state index contributed by atoms with van der Waals surface area (Å²) in [6.07, 6.45) is 5.04. The Morgan fingerprint density at radius 2 is 2.07 bits per heavy atom. The van der Waals surface area contributed by atoms with Gasteiger partial charge in [-0.25, -0.2) is 0 Å². The first-order valence-corrected chi connectivity index (χ1v) is 10.7. The molecule has 0 spiro atoms. The molecule has 2 fully saturated rings. The van der Waals surface area contributed by atoms with Gasteiger partial charge in [-0.05, 0) is 36.5 Å². The molecule has 6 nitrogen and oxygen atoms in total. The summed E-state index contributed by atoms with van der Waals surface area (Å²) in [6.45, 7) is 5.71. The number of esters is 1. The summed E-state index contributed by atoms with van der Waals surface area (Å²) >= 11 is 0. The zero-order chi connectivity index (χ0) is 20.8. The average molecular weight is 403 g/mol. The van der Waals surface area contributed by atoms with Crippen molar-refractivity contribution in [3.63, 3.8) is 0 Å². The second-order valence-corrected chi connectivity index (χ2v) is 9.18. The van der Waals surface area contributed by atoms with E-state index in [-0.39, 0.29) is 40.8 Å². The average Bonchev–Trinajstić information content (AvgIpc) is 2.99. The van der Waals surface area contributed by atoms with E-state index < -0.39 is 6.10 Å². The topological polar surface area (TPSA) is 104 Å². The van der Waals surface area contributed by atoms with Crippen LogP contribution in [0.4, 0.5) is 0 Å². The molecule has 4 rings (SSSR count). The molecule has 158 valence electrons. The second kappa shape index (κ2) is 7.65. The lowest BCUT2D eigenvalue weighted by molar-refractivity contribution is -0.659. The summed E-state index contributed by atoms with van der Waals surface area (Å²) in [5, 5.41) is 32.4. The monoisotopic (exact) mass is 402 g/mol. The first-order chi connectivity index (χ1) is 13.8. The Morgan fingerprint density at radius 1 is 1.28 bits per heavy atom. The maximum absolute atomic E-state index is 12.6. The van der Waals surface area contributed by atoms with Gasteiger partial charge >= 0.3 is 5.97 Å². The minimum Gasteiger partial charge on any atom is -0.504 e. The van der Waals surface area contributed by atoms with Crippen molar-refractivity contribution in [3.8, 4) is 11.5 Å². The van der Waals surface area contributed by atoms with Crippen LogP contribution in [0.25, 0.3) is 0 Å². The fourth-order valence-corrected chi connectivity index (χ4v) is 5.62. The molecule has 0 bridgehead atoms. The number of quaternary nitrogens is 1. The van der Waals surface area contributed by atoms with Gasteiger partial charge in [-0.3, -0.25) is 4.79 Å². The molecule has 29 heavy (non-hydrogen) atoms. The van der Waals surface area contributed by atoms with Crippen LogP contribution >= 0.6 is 0 Å². The van der Waals surface area contributed by atoms with Crippen LogP contribution in [-0.2, 0) is 16.0 Å². The third-order valence-electron chi connectivity index (χ3n) is 7.67. The molecule has 2 aliphatic carbocycles. The molecule has 0 unspecified atom stereocenters. The zero-order valence-electron chi connectivity index (χ0n) is 17.2. The van der Waals surface area contributed by atoms with Gasteiger partial charge in [0.15, 0.2) is 11.5 Å². The minimum absolute atomic E-state index is 0.117. The third kappa shape index (κ3) is 3.42. The number of carbonyl (C=O) groups is 1. The van der Waals surface area contributed by atoms with E-state index >= 15 is 0 Å². The highest BCUT2D eigenvalue weighted by Gasteiger charge is 2.60. The van der Waals surface area contributed by atoms with Gasteiger partial charge < -0.3 is 25.4 Å². The van der Waals surface area contributed by atoms with Crippen molar-refractivity contribution in [2.75, 3.05) is 13.1 Å². The fourth-order valence-electron chi connectivity index (χ4n) is 5.62. The Balaban J connectivity index is 1.40. The van der Waals surface area contributed by atoms with Crippen molar-refractivity contribution < 1.29 is 30.2 Å². The Bertz CT molecular complexity index is 821. The van der Waals surface area contributed by atoms with Crippen LogP contribution in [0, 0.1) is 23.2 Å². The van der Waals surface area contributed by atoms with Crippen molar-refractivity contribution >= 4 is 5.97 Å². The molecular formula is C23H32NO5+. The van der Waals surface area contributed by atoms with Crippen LogP contribution in [-0.4, -0.2) is 46.6 Å². The van der Waals surface area contributed by atoms with E-state index in [1.165, 1.54) is 11.6 Å². The molecule has 5 N–H and O–H groups in total. The Hall–Kier alpha value is -2.05. The predicted octanol–water partition coefficient (Wildman–Crippen LogP) is 1.49. The molecule has 0 radical (unpaired) electrons. The van der Waals surface area contributed by atoms with E-state index in [9.17, 15) is 20.1 Å². The van der Waals surface area contributed by atoms with Gasteiger partial charge in [-0.2, -0.15) is 0 Å². The number of allylic oxidation sites excluding steroid dienone is 1. The highest BCUT2D eigenvalue weighted by Crippen LogP contribution is 2.55. The van der Waals surface area contributed by atoms with Crippen LogP contribution in [0.3, 0.4) is 0 Å². The van der Waals surface area contributed by atoms with Crippen LogP contribution in [0.5, 0.6) is 11.5 Å². The van der Waals surface area contributed by atoms with E-state index in [0.717, 1.165) is 31.4 Å².